The quantitative estimate of drug-likeness (QED) is 0.925. The second-order valence-electron chi connectivity index (χ2n) is 4.73. The summed E-state index contributed by atoms with van der Waals surface area (Å²) in [5.41, 5.74) is 1.59. The number of benzene rings is 1. The van der Waals surface area contributed by atoms with Gasteiger partial charge in [-0.2, -0.15) is 0 Å². The highest BCUT2D eigenvalue weighted by atomic mass is 79.9. The second kappa shape index (κ2) is 3.64. The van der Waals surface area contributed by atoms with Crippen LogP contribution in [0.5, 0.6) is 11.5 Å². The van der Waals surface area contributed by atoms with Gasteiger partial charge in [-0.25, -0.2) is 0 Å². The minimum absolute atomic E-state index is 0.322. The molecule has 2 aliphatic rings. The Labute approximate surface area is 103 Å². The lowest BCUT2D eigenvalue weighted by atomic mass is 10.2. The molecule has 0 radical (unpaired) electrons. The van der Waals surface area contributed by atoms with Gasteiger partial charge in [-0.15, -0.1) is 0 Å². The van der Waals surface area contributed by atoms with Crippen LogP contribution in [0, 0.1) is 0 Å². The zero-order valence-corrected chi connectivity index (χ0v) is 10.8. The number of fused-ring (bicyclic) bond motifs is 1. The van der Waals surface area contributed by atoms with Crippen molar-refractivity contribution in [2.75, 3.05) is 6.79 Å². The van der Waals surface area contributed by atoms with E-state index in [0.717, 1.165) is 22.5 Å². The zero-order chi connectivity index (χ0) is 11.2. The van der Waals surface area contributed by atoms with Crippen LogP contribution in [0.3, 0.4) is 0 Å². The maximum absolute atomic E-state index is 5.39. The number of halogens is 1. The van der Waals surface area contributed by atoms with E-state index >= 15 is 0 Å². The van der Waals surface area contributed by atoms with E-state index < -0.39 is 0 Å². The third-order valence-corrected chi connectivity index (χ3v) is 3.80. The second-order valence-corrected chi connectivity index (χ2v) is 5.58. The monoisotopic (exact) mass is 283 g/mol. The first-order valence-corrected chi connectivity index (χ1v) is 6.29. The number of rotatable bonds is 3. The maximum atomic E-state index is 5.39. The molecule has 0 amide bonds. The van der Waals surface area contributed by atoms with Gasteiger partial charge in [0.25, 0.3) is 0 Å². The van der Waals surface area contributed by atoms with E-state index in [1.165, 1.54) is 18.4 Å². The van der Waals surface area contributed by atoms with Crippen molar-refractivity contribution < 1.29 is 9.47 Å². The highest BCUT2D eigenvalue weighted by Gasteiger charge is 2.36. The van der Waals surface area contributed by atoms with E-state index in [9.17, 15) is 0 Å². The molecule has 1 saturated carbocycles. The van der Waals surface area contributed by atoms with E-state index in [-0.39, 0.29) is 0 Å². The van der Waals surface area contributed by atoms with E-state index in [0.29, 0.717) is 12.3 Å². The number of hydrogen-bond acceptors (Lipinski definition) is 3. The van der Waals surface area contributed by atoms with Gasteiger partial charge in [0.05, 0.1) is 4.47 Å². The molecule has 0 unspecified atom stereocenters. The average Bonchev–Trinajstić information content (AvgIpc) is 2.79. The van der Waals surface area contributed by atoms with E-state index in [4.69, 9.17) is 9.47 Å². The third-order valence-electron chi connectivity index (χ3n) is 3.21. The van der Waals surface area contributed by atoms with Crippen LogP contribution in [-0.2, 0) is 6.54 Å². The number of ether oxygens (including phenoxy) is 2. The summed E-state index contributed by atoms with van der Waals surface area (Å²) >= 11 is 3.50. The molecule has 3 rings (SSSR count). The van der Waals surface area contributed by atoms with Crippen molar-refractivity contribution >= 4 is 15.9 Å². The molecule has 1 aliphatic heterocycles. The summed E-state index contributed by atoms with van der Waals surface area (Å²) < 4.78 is 11.7. The van der Waals surface area contributed by atoms with Crippen molar-refractivity contribution in [2.24, 2.45) is 0 Å². The molecule has 0 aromatic heterocycles. The van der Waals surface area contributed by atoms with Crippen LogP contribution in [-0.4, -0.2) is 12.3 Å². The molecule has 1 N–H and O–H groups in total. The Bertz CT molecular complexity index is 429. The summed E-state index contributed by atoms with van der Waals surface area (Å²) in [7, 11) is 0. The van der Waals surface area contributed by atoms with Crippen molar-refractivity contribution in [3.8, 4) is 11.5 Å². The van der Waals surface area contributed by atoms with Crippen molar-refractivity contribution in [1.82, 2.24) is 5.32 Å². The summed E-state index contributed by atoms with van der Waals surface area (Å²) in [4.78, 5) is 0. The van der Waals surface area contributed by atoms with E-state index in [2.05, 4.69) is 34.2 Å². The SMILES string of the molecule is CC1(NCc2cc(Br)c3c(c2)OCO3)CC1. The van der Waals surface area contributed by atoms with Crippen molar-refractivity contribution in [1.29, 1.82) is 0 Å². The molecule has 1 aromatic rings. The Hall–Kier alpha value is -0.740. The van der Waals surface area contributed by atoms with Crippen LogP contribution in [0.2, 0.25) is 0 Å². The van der Waals surface area contributed by atoms with Gasteiger partial charge in [0.1, 0.15) is 0 Å². The Morgan fingerprint density at radius 1 is 1.38 bits per heavy atom. The van der Waals surface area contributed by atoms with Gasteiger partial charge in [0, 0.05) is 12.1 Å². The van der Waals surface area contributed by atoms with Crippen LogP contribution >= 0.6 is 15.9 Å². The first-order chi connectivity index (χ1) is 7.66. The van der Waals surface area contributed by atoms with Gasteiger partial charge in [0.2, 0.25) is 6.79 Å². The Morgan fingerprint density at radius 2 is 2.19 bits per heavy atom. The molecule has 1 heterocycles. The standard InChI is InChI=1S/C12H14BrNO2/c1-12(2-3-12)14-6-8-4-9(13)11-10(5-8)15-7-16-11/h4-5,14H,2-3,6-7H2,1H3. The molecule has 0 saturated heterocycles. The largest absolute Gasteiger partial charge is 0.454 e. The molecule has 0 spiro atoms. The smallest absolute Gasteiger partial charge is 0.231 e. The summed E-state index contributed by atoms with van der Waals surface area (Å²) in [5.74, 6) is 1.66. The van der Waals surface area contributed by atoms with Crippen LogP contribution in [0.25, 0.3) is 0 Å². The molecule has 1 fully saturated rings. The van der Waals surface area contributed by atoms with Crippen molar-refractivity contribution in [3.63, 3.8) is 0 Å². The van der Waals surface area contributed by atoms with Gasteiger partial charge in [-0.1, -0.05) is 0 Å². The summed E-state index contributed by atoms with van der Waals surface area (Å²) in [6, 6.07) is 4.14. The first kappa shape index (κ1) is 10.4. The van der Waals surface area contributed by atoms with Gasteiger partial charge in [-0.05, 0) is 53.4 Å². The Kier molecular flexibility index (Phi) is 2.37. The van der Waals surface area contributed by atoms with Crippen molar-refractivity contribution in [3.05, 3.63) is 22.2 Å². The molecule has 3 nitrogen and oxygen atoms in total. The summed E-state index contributed by atoms with van der Waals surface area (Å²) in [5, 5.41) is 3.55. The van der Waals surface area contributed by atoms with Gasteiger partial charge in [-0.3, -0.25) is 0 Å². The predicted octanol–water partition coefficient (Wildman–Crippen LogP) is 2.82. The van der Waals surface area contributed by atoms with Gasteiger partial charge in [0.15, 0.2) is 11.5 Å². The molecule has 1 aromatic carbocycles. The molecule has 0 bridgehead atoms. The highest BCUT2D eigenvalue weighted by molar-refractivity contribution is 9.10. The van der Waals surface area contributed by atoms with Gasteiger partial charge >= 0.3 is 0 Å². The molecule has 0 atom stereocenters. The van der Waals surface area contributed by atoms with Crippen molar-refractivity contribution in [2.45, 2.75) is 31.8 Å². The zero-order valence-electron chi connectivity index (χ0n) is 9.18. The predicted molar refractivity (Wildman–Crippen MR) is 64.7 cm³/mol. The molecule has 4 heteroatoms. The van der Waals surface area contributed by atoms with Gasteiger partial charge < -0.3 is 14.8 Å². The number of hydrogen-bond donors (Lipinski definition) is 1. The van der Waals surface area contributed by atoms with Crippen LogP contribution in [0.1, 0.15) is 25.3 Å². The third kappa shape index (κ3) is 1.92. The highest BCUT2D eigenvalue weighted by Crippen LogP contribution is 2.40. The summed E-state index contributed by atoms with van der Waals surface area (Å²) in [6.45, 7) is 3.46. The molecule has 1 aliphatic carbocycles. The molecule has 16 heavy (non-hydrogen) atoms. The van der Waals surface area contributed by atoms with E-state index in [1.54, 1.807) is 0 Å². The van der Waals surface area contributed by atoms with Crippen LogP contribution < -0.4 is 14.8 Å². The number of nitrogens with one attached hydrogen (secondary N) is 1. The fourth-order valence-corrected chi connectivity index (χ4v) is 2.41. The average molecular weight is 284 g/mol. The molecular weight excluding hydrogens is 270 g/mol. The Morgan fingerprint density at radius 3 is 2.94 bits per heavy atom. The minimum Gasteiger partial charge on any atom is -0.454 e. The lowest BCUT2D eigenvalue weighted by molar-refractivity contribution is 0.173. The van der Waals surface area contributed by atoms with E-state index in [1.807, 2.05) is 6.07 Å². The molecule has 86 valence electrons. The van der Waals surface area contributed by atoms with Crippen LogP contribution in [0.4, 0.5) is 0 Å². The maximum Gasteiger partial charge on any atom is 0.231 e. The molecular formula is C12H14BrNO2. The fourth-order valence-electron chi connectivity index (χ4n) is 1.80. The lowest BCUT2D eigenvalue weighted by Gasteiger charge is -2.12. The summed E-state index contributed by atoms with van der Waals surface area (Å²) in [6.07, 6.45) is 2.55. The Balaban J connectivity index is 1.77. The minimum atomic E-state index is 0.322. The topological polar surface area (TPSA) is 30.5 Å². The fraction of sp³-hybridized carbons (Fsp3) is 0.500. The first-order valence-electron chi connectivity index (χ1n) is 5.49. The lowest BCUT2D eigenvalue weighted by Crippen LogP contribution is -2.26. The van der Waals surface area contributed by atoms with Crippen LogP contribution in [0.15, 0.2) is 16.6 Å². The normalized spacial score (nSPS) is 19.9.